The summed E-state index contributed by atoms with van der Waals surface area (Å²) in [6, 6.07) is 12.3. The first-order valence-corrected chi connectivity index (χ1v) is 13.1. The fourth-order valence-electron chi connectivity index (χ4n) is 5.86. The molecule has 3 atom stereocenters. The van der Waals surface area contributed by atoms with Gasteiger partial charge in [0.05, 0.1) is 16.1 Å². The second-order valence-electron chi connectivity index (χ2n) is 10.1. The molecule has 0 radical (unpaired) electrons. The molecular formula is C27H32Cl2N4O2. The molecule has 0 saturated carbocycles. The second-order valence-corrected chi connectivity index (χ2v) is 11.0. The number of fused-ring (bicyclic) bond motifs is 2. The van der Waals surface area contributed by atoms with Crippen LogP contribution in [0.2, 0.25) is 10.0 Å². The van der Waals surface area contributed by atoms with Crippen molar-refractivity contribution < 1.29 is 9.59 Å². The summed E-state index contributed by atoms with van der Waals surface area (Å²) >= 11 is 12.5. The Morgan fingerprint density at radius 3 is 2.43 bits per heavy atom. The highest BCUT2D eigenvalue weighted by atomic mass is 35.5. The van der Waals surface area contributed by atoms with Gasteiger partial charge in [-0.05, 0) is 50.1 Å². The number of amides is 2. The molecule has 3 aliphatic rings. The third-order valence-corrected chi connectivity index (χ3v) is 8.31. The van der Waals surface area contributed by atoms with Gasteiger partial charge in [-0.15, -0.1) is 0 Å². The molecular weight excluding hydrogens is 483 g/mol. The molecule has 186 valence electrons. The maximum Gasteiger partial charge on any atom is 0.254 e. The average Bonchev–Trinajstić information content (AvgIpc) is 3.46. The molecule has 0 aromatic heterocycles. The Morgan fingerprint density at radius 1 is 1.00 bits per heavy atom. The van der Waals surface area contributed by atoms with E-state index in [0.717, 1.165) is 36.3 Å². The van der Waals surface area contributed by atoms with Crippen LogP contribution in [0.1, 0.15) is 45.9 Å². The van der Waals surface area contributed by atoms with Crippen molar-refractivity contribution in [3.05, 3.63) is 68.7 Å². The SMILES string of the molecule is Cc1cc(C)cc(C(=O)N2CCN(C(=O)CCN3C[C@H]4CC3CN4)[C@H](c3ccc(Cl)c(Cl)c3)C2)c1. The summed E-state index contributed by atoms with van der Waals surface area (Å²) in [4.78, 5) is 33.1. The highest BCUT2D eigenvalue weighted by Crippen LogP contribution is 2.32. The number of hydrogen-bond donors (Lipinski definition) is 1. The molecule has 5 rings (SSSR count). The first kappa shape index (κ1) is 24.6. The van der Waals surface area contributed by atoms with E-state index in [2.05, 4.69) is 16.3 Å². The van der Waals surface area contributed by atoms with Crippen molar-refractivity contribution >= 4 is 35.0 Å². The normalized spacial score (nSPS) is 24.3. The van der Waals surface area contributed by atoms with E-state index >= 15 is 0 Å². The van der Waals surface area contributed by atoms with E-state index in [-0.39, 0.29) is 17.9 Å². The van der Waals surface area contributed by atoms with E-state index in [4.69, 9.17) is 23.2 Å². The molecule has 3 aliphatic heterocycles. The van der Waals surface area contributed by atoms with Gasteiger partial charge in [-0.2, -0.15) is 0 Å². The van der Waals surface area contributed by atoms with Gasteiger partial charge in [0.1, 0.15) is 0 Å². The van der Waals surface area contributed by atoms with Gasteiger partial charge in [0, 0.05) is 63.3 Å². The Hall–Kier alpha value is -2.12. The summed E-state index contributed by atoms with van der Waals surface area (Å²) in [7, 11) is 0. The van der Waals surface area contributed by atoms with Crippen molar-refractivity contribution in [3.8, 4) is 0 Å². The zero-order valence-electron chi connectivity index (χ0n) is 20.3. The summed E-state index contributed by atoms with van der Waals surface area (Å²) in [6.07, 6.45) is 1.66. The highest BCUT2D eigenvalue weighted by molar-refractivity contribution is 6.42. The van der Waals surface area contributed by atoms with E-state index in [0.29, 0.717) is 53.7 Å². The number of rotatable bonds is 5. The molecule has 8 heteroatoms. The van der Waals surface area contributed by atoms with Crippen LogP contribution in [0.15, 0.2) is 36.4 Å². The zero-order chi connectivity index (χ0) is 24.7. The van der Waals surface area contributed by atoms with Crippen LogP contribution in [0, 0.1) is 13.8 Å². The summed E-state index contributed by atoms with van der Waals surface area (Å²) in [5.74, 6) is 0.116. The topological polar surface area (TPSA) is 55.9 Å². The number of carbonyl (C=O) groups excluding carboxylic acids is 2. The quantitative estimate of drug-likeness (QED) is 0.653. The average molecular weight is 515 g/mol. The van der Waals surface area contributed by atoms with Gasteiger partial charge in [-0.3, -0.25) is 14.5 Å². The molecule has 1 unspecified atom stereocenters. The predicted molar refractivity (Wildman–Crippen MR) is 139 cm³/mol. The van der Waals surface area contributed by atoms with E-state index < -0.39 is 0 Å². The van der Waals surface area contributed by atoms with Crippen molar-refractivity contribution in [2.45, 2.75) is 44.8 Å². The van der Waals surface area contributed by atoms with Gasteiger partial charge in [-0.1, -0.05) is 46.5 Å². The smallest absolute Gasteiger partial charge is 0.254 e. The minimum absolute atomic E-state index is 0.00505. The van der Waals surface area contributed by atoms with Crippen LogP contribution in [-0.4, -0.2) is 77.9 Å². The molecule has 3 fully saturated rings. The Balaban J connectivity index is 1.34. The molecule has 2 amide bonds. The van der Waals surface area contributed by atoms with Crippen molar-refractivity contribution in [1.82, 2.24) is 20.0 Å². The molecule has 2 bridgehead atoms. The molecule has 1 N–H and O–H groups in total. The lowest BCUT2D eigenvalue weighted by atomic mass is 10.00. The number of likely N-dealkylation sites (tertiary alicyclic amines) is 1. The maximum absolute atomic E-state index is 13.5. The van der Waals surface area contributed by atoms with Crippen LogP contribution < -0.4 is 5.32 Å². The second kappa shape index (κ2) is 10.1. The van der Waals surface area contributed by atoms with Crippen LogP contribution in [-0.2, 0) is 4.79 Å². The lowest BCUT2D eigenvalue weighted by Gasteiger charge is -2.42. The van der Waals surface area contributed by atoms with Gasteiger partial charge in [-0.25, -0.2) is 0 Å². The molecule has 0 aliphatic carbocycles. The van der Waals surface area contributed by atoms with Crippen molar-refractivity contribution in [2.24, 2.45) is 0 Å². The molecule has 2 aromatic rings. The Kier molecular flexibility index (Phi) is 7.09. The minimum Gasteiger partial charge on any atom is -0.334 e. The standard InChI is InChI=1S/C27H32Cl2N4O2/c1-17-9-18(2)11-20(10-17)27(35)32-7-8-33(25(16-32)19-3-4-23(28)24(29)12-19)26(34)5-6-31-15-21-13-22(31)14-30-21/h3-4,9-12,21-22,25,30H,5-8,13-16H2,1-2H3/t21-,22?,25+/m1/s1. The third-order valence-electron chi connectivity index (χ3n) is 7.57. The monoisotopic (exact) mass is 514 g/mol. The lowest BCUT2D eigenvalue weighted by molar-refractivity contribution is -0.136. The van der Waals surface area contributed by atoms with Gasteiger partial charge in [0.25, 0.3) is 5.91 Å². The highest BCUT2D eigenvalue weighted by Gasteiger charge is 2.38. The van der Waals surface area contributed by atoms with Gasteiger partial charge < -0.3 is 15.1 Å². The number of hydrogen-bond acceptors (Lipinski definition) is 4. The molecule has 6 nitrogen and oxygen atoms in total. The van der Waals surface area contributed by atoms with Gasteiger partial charge in [0.2, 0.25) is 5.91 Å². The molecule has 3 heterocycles. The summed E-state index contributed by atoms with van der Waals surface area (Å²) < 4.78 is 0. The van der Waals surface area contributed by atoms with Crippen molar-refractivity contribution in [1.29, 1.82) is 0 Å². The Bertz CT molecular complexity index is 1120. The molecule has 0 spiro atoms. The number of carbonyl (C=O) groups is 2. The van der Waals surface area contributed by atoms with Crippen molar-refractivity contribution in [2.75, 3.05) is 39.3 Å². The number of nitrogens with one attached hydrogen (secondary N) is 1. The van der Waals surface area contributed by atoms with E-state index in [1.165, 1.54) is 6.42 Å². The zero-order valence-corrected chi connectivity index (χ0v) is 21.8. The van der Waals surface area contributed by atoms with Crippen LogP contribution in [0.5, 0.6) is 0 Å². The van der Waals surface area contributed by atoms with Crippen LogP contribution in [0.25, 0.3) is 0 Å². The number of nitrogens with zero attached hydrogens (tertiary/aromatic N) is 3. The number of benzene rings is 2. The third kappa shape index (κ3) is 5.21. The minimum atomic E-state index is -0.266. The number of piperazine rings is 2. The fourth-order valence-corrected chi connectivity index (χ4v) is 6.16. The van der Waals surface area contributed by atoms with Crippen molar-refractivity contribution in [3.63, 3.8) is 0 Å². The van der Waals surface area contributed by atoms with Gasteiger partial charge in [0.15, 0.2) is 0 Å². The van der Waals surface area contributed by atoms with Gasteiger partial charge >= 0.3 is 0 Å². The lowest BCUT2D eigenvalue weighted by Crippen LogP contribution is -2.53. The maximum atomic E-state index is 13.5. The largest absolute Gasteiger partial charge is 0.334 e. The Labute approximate surface area is 217 Å². The van der Waals surface area contributed by atoms with E-state index in [1.54, 1.807) is 6.07 Å². The number of halogens is 2. The van der Waals surface area contributed by atoms with Crippen LogP contribution in [0.3, 0.4) is 0 Å². The van der Waals surface area contributed by atoms with Crippen LogP contribution in [0.4, 0.5) is 0 Å². The summed E-state index contributed by atoms with van der Waals surface area (Å²) in [6.45, 7) is 8.24. The molecule has 35 heavy (non-hydrogen) atoms. The number of aryl methyl sites for hydroxylation is 2. The van der Waals surface area contributed by atoms with E-state index in [1.807, 2.05) is 47.9 Å². The molecule has 2 aromatic carbocycles. The predicted octanol–water partition coefficient (Wildman–Crippen LogP) is 4.07. The van der Waals surface area contributed by atoms with Crippen LogP contribution >= 0.6 is 23.2 Å². The van der Waals surface area contributed by atoms with E-state index in [9.17, 15) is 9.59 Å². The first-order chi connectivity index (χ1) is 16.8. The summed E-state index contributed by atoms with van der Waals surface area (Å²) in [5.41, 5.74) is 3.71. The summed E-state index contributed by atoms with van der Waals surface area (Å²) in [5, 5.41) is 4.44. The Morgan fingerprint density at radius 2 is 1.77 bits per heavy atom. The first-order valence-electron chi connectivity index (χ1n) is 12.4. The fraction of sp³-hybridized carbons (Fsp3) is 0.481. The molecule has 3 saturated heterocycles.